The molecule has 0 amide bonds. The monoisotopic (exact) mass is 248 g/mol. The molecule has 0 radical (unpaired) electrons. The molecule has 1 fully saturated rings. The van der Waals surface area contributed by atoms with Crippen LogP contribution in [-0.2, 0) is 11.2 Å². The molecule has 0 saturated carbocycles. The molecule has 1 aliphatic rings. The van der Waals surface area contributed by atoms with Crippen molar-refractivity contribution in [2.75, 3.05) is 0 Å². The lowest BCUT2D eigenvalue weighted by Gasteiger charge is -2.35. The van der Waals surface area contributed by atoms with Crippen LogP contribution in [0.3, 0.4) is 0 Å². The second-order valence-corrected chi connectivity index (χ2v) is 6.75. The fourth-order valence-electron chi connectivity index (χ4n) is 3.17. The van der Waals surface area contributed by atoms with Gasteiger partial charge in [0.2, 0.25) is 0 Å². The zero-order chi connectivity index (χ0) is 13.6. The summed E-state index contributed by atoms with van der Waals surface area (Å²) in [7, 11) is 0. The van der Waals surface area contributed by atoms with Crippen LogP contribution in [0.25, 0.3) is 0 Å². The summed E-state index contributed by atoms with van der Waals surface area (Å²) in [4.78, 5) is 0. The van der Waals surface area contributed by atoms with Crippen molar-refractivity contribution >= 4 is 0 Å². The first-order chi connectivity index (χ1) is 8.14. The Hall–Kier alpha value is -0.860. The second-order valence-electron chi connectivity index (χ2n) is 6.75. The molecule has 1 N–H and O–H groups in total. The zero-order valence-corrected chi connectivity index (χ0v) is 12.1. The van der Waals surface area contributed by atoms with Gasteiger partial charge in [0.25, 0.3) is 0 Å². The van der Waals surface area contributed by atoms with E-state index in [0.717, 1.165) is 0 Å². The third-order valence-electron chi connectivity index (χ3n) is 3.95. The summed E-state index contributed by atoms with van der Waals surface area (Å²) < 4.78 is 6.00. The van der Waals surface area contributed by atoms with Gasteiger partial charge in [0.05, 0.1) is 16.8 Å². The van der Waals surface area contributed by atoms with Crippen molar-refractivity contribution in [3.05, 3.63) is 35.4 Å². The molecule has 100 valence electrons. The van der Waals surface area contributed by atoms with Gasteiger partial charge in [-0.15, -0.1) is 0 Å². The summed E-state index contributed by atoms with van der Waals surface area (Å²) >= 11 is 0. The molecule has 1 atom stereocenters. The van der Waals surface area contributed by atoms with Crippen LogP contribution in [0.2, 0.25) is 0 Å². The lowest BCUT2D eigenvalue weighted by Crippen LogP contribution is -2.48. The lowest BCUT2D eigenvalue weighted by atomic mass is 9.78. The number of benzene rings is 1. The molecule has 1 heterocycles. The SMILES string of the molecule is Cc1cccc(CC2(O)CC(C)(C)OC2(C)C)c1. The Morgan fingerprint density at radius 1 is 1.22 bits per heavy atom. The van der Waals surface area contributed by atoms with Crippen LogP contribution in [0.1, 0.15) is 45.2 Å². The highest BCUT2D eigenvalue weighted by Crippen LogP contribution is 2.46. The molecule has 1 aromatic rings. The van der Waals surface area contributed by atoms with E-state index in [-0.39, 0.29) is 5.60 Å². The molecular formula is C16H24O2. The van der Waals surface area contributed by atoms with E-state index in [0.29, 0.717) is 12.8 Å². The third kappa shape index (κ3) is 2.45. The molecule has 2 heteroatoms. The summed E-state index contributed by atoms with van der Waals surface area (Å²) in [5, 5.41) is 11.0. The van der Waals surface area contributed by atoms with E-state index in [2.05, 4.69) is 25.1 Å². The van der Waals surface area contributed by atoms with Crippen molar-refractivity contribution in [2.24, 2.45) is 0 Å². The van der Waals surface area contributed by atoms with Crippen molar-refractivity contribution in [1.29, 1.82) is 0 Å². The quantitative estimate of drug-likeness (QED) is 0.870. The van der Waals surface area contributed by atoms with E-state index in [1.54, 1.807) is 0 Å². The molecule has 1 aromatic carbocycles. The van der Waals surface area contributed by atoms with Crippen molar-refractivity contribution in [1.82, 2.24) is 0 Å². The summed E-state index contributed by atoms with van der Waals surface area (Å²) in [5.41, 5.74) is 0.825. The smallest absolute Gasteiger partial charge is 0.0998 e. The van der Waals surface area contributed by atoms with E-state index in [4.69, 9.17) is 4.74 Å². The van der Waals surface area contributed by atoms with Crippen LogP contribution < -0.4 is 0 Å². The minimum absolute atomic E-state index is 0.262. The van der Waals surface area contributed by atoms with Gasteiger partial charge in [0.1, 0.15) is 0 Å². The molecular weight excluding hydrogens is 224 g/mol. The third-order valence-corrected chi connectivity index (χ3v) is 3.95. The predicted octanol–water partition coefficient (Wildman–Crippen LogP) is 3.25. The Balaban J connectivity index is 2.27. The minimum Gasteiger partial charge on any atom is -0.386 e. The van der Waals surface area contributed by atoms with Gasteiger partial charge in [-0.3, -0.25) is 0 Å². The van der Waals surface area contributed by atoms with E-state index < -0.39 is 11.2 Å². The van der Waals surface area contributed by atoms with E-state index in [1.165, 1.54) is 11.1 Å². The van der Waals surface area contributed by atoms with Gasteiger partial charge >= 0.3 is 0 Å². The molecule has 18 heavy (non-hydrogen) atoms. The van der Waals surface area contributed by atoms with Gasteiger partial charge in [-0.1, -0.05) is 29.8 Å². The molecule has 2 nitrogen and oxygen atoms in total. The second kappa shape index (κ2) is 4.07. The van der Waals surface area contributed by atoms with Gasteiger partial charge in [-0.25, -0.2) is 0 Å². The molecule has 1 saturated heterocycles. The number of rotatable bonds is 2. The molecule has 1 aliphatic heterocycles. The largest absolute Gasteiger partial charge is 0.386 e. The van der Waals surface area contributed by atoms with Crippen LogP contribution >= 0.6 is 0 Å². The summed E-state index contributed by atoms with van der Waals surface area (Å²) in [6.07, 6.45) is 1.31. The average molecular weight is 248 g/mol. The average Bonchev–Trinajstić information content (AvgIpc) is 2.29. The van der Waals surface area contributed by atoms with E-state index >= 15 is 0 Å². The maximum absolute atomic E-state index is 11.0. The van der Waals surface area contributed by atoms with Crippen molar-refractivity contribution in [3.8, 4) is 0 Å². The highest BCUT2D eigenvalue weighted by molar-refractivity contribution is 5.25. The standard InChI is InChI=1S/C16H24O2/c1-12-7-6-8-13(9-12)10-16(17)11-14(2,3)18-15(16,4)5/h6-9,17H,10-11H2,1-5H3. The van der Waals surface area contributed by atoms with Crippen LogP contribution in [0.5, 0.6) is 0 Å². The van der Waals surface area contributed by atoms with Crippen molar-refractivity contribution in [3.63, 3.8) is 0 Å². The fraction of sp³-hybridized carbons (Fsp3) is 0.625. The Labute approximate surface area is 110 Å². The molecule has 0 spiro atoms. The van der Waals surface area contributed by atoms with E-state index in [1.807, 2.05) is 33.8 Å². The molecule has 1 unspecified atom stereocenters. The van der Waals surface area contributed by atoms with Gasteiger partial charge < -0.3 is 9.84 Å². The maximum Gasteiger partial charge on any atom is 0.0998 e. The van der Waals surface area contributed by atoms with Crippen LogP contribution in [0.15, 0.2) is 24.3 Å². The first-order valence-corrected chi connectivity index (χ1v) is 6.62. The van der Waals surface area contributed by atoms with Crippen LogP contribution in [-0.4, -0.2) is 21.9 Å². The highest BCUT2D eigenvalue weighted by Gasteiger charge is 2.56. The maximum atomic E-state index is 11.0. The number of aliphatic hydroxyl groups is 1. The molecule has 0 aromatic heterocycles. The summed E-state index contributed by atoms with van der Waals surface area (Å²) in [6.45, 7) is 10.1. The van der Waals surface area contributed by atoms with Gasteiger partial charge in [-0.2, -0.15) is 0 Å². The minimum atomic E-state index is -0.801. The van der Waals surface area contributed by atoms with Gasteiger partial charge in [-0.05, 0) is 40.2 Å². The zero-order valence-electron chi connectivity index (χ0n) is 12.1. The van der Waals surface area contributed by atoms with Gasteiger partial charge in [0.15, 0.2) is 0 Å². The molecule has 0 aliphatic carbocycles. The Kier molecular flexibility index (Phi) is 3.07. The Bertz CT molecular complexity index is 448. The number of ether oxygens (including phenoxy) is 1. The highest BCUT2D eigenvalue weighted by atomic mass is 16.5. The van der Waals surface area contributed by atoms with Gasteiger partial charge in [0, 0.05) is 12.8 Å². The number of hydrogen-bond acceptors (Lipinski definition) is 2. The normalized spacial score (nSPS) is 29.4. The van der Waals surface area contributed by atoms with Crippen LogP contribution in [0.4, 0.5) is 0 Å². The lowest BCUT2D eigenvalue weighted by molar-refractivity contribution is -0.125. The summed E-state index contributed by atoms with van der Waals surface area (Å²) in [5.74, 6) is 0. The number of hydrogen-bond donors (Lipinski definition) is 1. The fourth-order valence-corrected chi connectivity index (χ4v) is 3.17. The first-order valence-electron chi connectivity index (χ1n) is 6.62. The Morgan fingerprint density at radius 2 is 1.89 bits per heavy atom. The number of aryl methyl sites for hydroxylation is 1. The first kappa shape index (κ1) is 13.6. The summed E-state index contributed by atoms with van der Waals surface area (Å²) in [6, 6.07) is 8.33. The topological polar surface area (TPSA) is 29.5 Å². The van der Waals surface area contributed by atoms with E-state index in [9.17, 15) is 5.11 Å². The molecule has 0 bridgehead atoms. The predicted molar refractivity (Wildman–Crippen MR) is 73.7 cm³/mol. The van der Waals surface area contributed by atoms with Crippen molar-refractivity contribution in [2.45, 2.75) is 64.3 Å². The van der Waals surface area contributed by atoms with Crippen LogP contribution in [0, 0.1) is 6.92 Å². The van der Waals surface area contributed by atoms with Crippen molar-refractivity contribution < 1.29 is 9.84 Å². The molecule has 2 rings (SSSR count). The Morgan fingerprint density at radius 3 is 2.39 bits per heavy atom.